The third-order valence-corrected chi connectivity index (χ3v) is 4.16. The minimum atomic E-state index is -0.579. The van der Waals surface area contributed by atoms with E-state index >= 15 is 0 Å². The number of carbonyl (C=O) groups is 2. The number of esters is 2. The van der Waals surface area contributed by atoms with Crippen molar-refractivity contribution in [2.24, 2.45) is 0 Å². The van der Waals surface area contributed by atoms with Crippen molar-refractivity contribution in [3.63, 3.8) is 0 Å². The second-order valence-corrected chi connectivity index (χ2v) is 6.39. The molecule has 0 spiro atoms. The Kier molecular flexibility index (Phi) is 6.92. The van der Waals surface area contributed by atoms with E-state index in [2.05, 4.69) is 20.3 Å². The molecule has 0 aliphatic carbocycles. The Balaban J connectivity index is 1.99. The van der Waals surface area contributed by atoms with Gasteiger partial charge in [0.25, 0.3) is 0 Å². The van der Waals surface area contributed by atoms with Crippen LogP contribution in [0.1, 0.15) is 34.6 Å². The van der Waals surface area contributed by atoms with Crippen LogP contribution >= 0.6 is 11.6 Å². The summed E-state index contributed by atoms with van der Waals surface area (Å²) < 4.78 is 10.1. The number of hydrogen-bond donors (Lipinski definition) is 1. The Bertz CT molecular complexity index is 1060. The first-order valence-electron chi connectivity index (χ1n) is 9.22. The average molecular weight is 427 g/mol. The molecule has 9 heteroatoms. The highest BCUT2D eigenvalue weighted by molar-refractivity contribution is 6.30. The Morgan fingerprint density at radius 1 is 1.00 bits per heavy atom. The van der Waals surface area contributed by atoms with Crippen LogP contribution < -0.4 is 5.32 Å². The topological polar surface area (TPSA) is 103 Å². The van der Waals surface area contributed by atoms with Crippen molar-refractivity contribution in [3.8, 4) is 11.4 Å². The molecule has 0 radical (unpaired) electrons. The fourth-order valence-corrected chi connectivity index (χ4v) is 2.66. The summed E-state index contributed by atoms with van der Waals surface area (Å²) in [5, 5.41) is 3.56. The van der Waals surface area contributed by atoms with Gasteiger partial charge in [-0.3, -0.25) is 0 Å². The lowest BCUT2D eigenvalue weighted by molar-refractivity contribution is 0.0516. The first-order chi connectivity index (χ1) is 14.5. The fraction of sp³-hybridized carbons (Fsp3) is 0.190. The SMILES string of the molecule is CCOC(=O)c1ccnc(Nc2nc(-c3ccc(Cl)cc3)ncc2C(=O)OCC)c1. The molecule has 1 aromatic carbocycles. The molecule has 3 rings (SSSR count). The van der Waals surface area contributed by atoms with Gasteiger partial charge < -0.3 is 14.8 Å². The summed E-state index contributed by atoms with van der Waals surface area (Å²) in [6.45, 7) is 3.89. The molecule has 2 heterocycles. The Morgan fingerprint density at radius 3 is 2.40 bits per heavy atom. The number of carbonyl (C=O) groups excluding carboxylic acids is 2. The summed E-state index contributed by atoms with van der Waals surface area (Å²) in [7, 11) is 0. The number of pyridine rings is 1. The summed E-state index contributed by atoms with van der Waals surface area (Å²) in [6, 6.07) is 10.0. The third kappa shape index (κ3) is 5.09. The zero-order valence-corrected chi connectivity index (χ0v) is 17.1. The molecule has 0 atom stereocenters. The first kappa shape index (κ1) is 21.2. The number of anilines is 2. The van der Waals surface area contributed by atoms with Crippen LogP contribution in [0.4, 0.5) is 11.6 Å². The molecular formula is C21H19ClN4O4. The van der Waals surface area contributed by atoms with Crippen LogP contribution in [0.3, 0.4) is 0 Å². The maximum atomic E-state index is 12.4. The van der Waals surface area contributed by atoms with Gasteiger partial charge in [-0.1, -0.05) is 11.6 Å². The molecule has 0 aliphatic heterocycles. The molecule has 0 amide bonds. The second kappa shape index (κ2) is 9.80. The van der Waals surface area contributed by atoms with Gasteiger partial charge in [0.15, 0.2) is 5.82 Å². The summed E-state index contributed by atoms with van der Waals surface area (Å²) in [4.78, 5) is 37.3. The molecule has 3 aromatic rings. The lowest BCUT2D eigenvalue weighted by Gasteiger charge is -2.12. The Morgan fingerprint density at radius 2 is 1.70 bits per heavy atom. The molecule has 0 saturated carbocycles. The van der Waals surface area contributed by atoms with Crippen LogP contribution in [0.5, 0.6) is 0 Å². The van der Waals surface area contributed by atoms with Crippen LogP contribution in [0.2, 0.25) is 5.02 Å². The Labute approximate surface area is 178 Å². The highest BCUT2D eigenvalue weighted by Gasteiger charge is 2.18. The van der Waals surface area contributed by atoms with E-state index in [1.807, 2.05) is 0 Å². The van der Waals surface area contributed by atoms with Gasteiger partial charge in [0.05, 0.1) is 18.8 Å². The second-order valence-electron chi connectivity index (χ2n) is 5.96. The number of benzene rings is 1. The number of hydrogen-bond acceptors (Lipinski definition) is 8. The summed E-state index contributed by atoms with van der Waals surface area (Å²) in [6.07, 6.45) is 2.84. The highest BCUT2D eigenvalue weighted by atomic mass is 35.5. The predicted octanol–water partition coefficient (Wildman–Crippen LogP) is 4.29. The van der Waals surface area contributed by atoms with Crippen LogP contribution in [0, 0.1) is 0 Å². The maximum absolute atomic E-state index is 12.4. The molecule has 0 unspecified atom stereocenters. The van der Waals surface area contributed by atoms with Crippen LogP contribution in [0.15, 0.2) is 48.8 Å². The van der Waals surface area contributed by atoms with Gasteiger partial charge in [-0.25, -0.2) is 24.5 Å². The third-order valence-electron chi connectivity index (χ3n) is 3.90. The Hall–Kier alpha value is -3.52. The quantitative estimate of drug-likeness (QED) is 0.558. The number of ether oxygens (including phenoxy) is 2. The van der Waals surface area contributed by atoms with E-state index in [4.69, 9.17) is 21.1 Å². The fourth-order valence-electron chi connectivity index (χ4n) is 2.53. The molecule has 0 aliphatic rings. The molecule has 2 aromatic heterocycles. The van der Waals surface area contributed by atoms with Crippen molar-refractivity contribution in [2.75, 3.05) is 18.5 Å². The van der Waals surface area contributed by atoms with E-state index < -0.39 is 11.9 Å². The minimum Gasteiger partial charge on any atom is -0.462 e. The largest absolute Gasteiger partial charge is 0.462 e. The van der Waals surface area contributed by atoms with Gasteiger partial charge >= 0.3 is 11.9 Å². The van der Waals surface area contributed by atoms with Gasteiger partial charge in [-0.2, -0.15) is 0 Å². The van der Waals surface area contributed by atoms with Crippen molar-refractivity contribution in [1.29, 1.82) is 0 Å². The van der Waals surface area contributed by atoms with Crippen molar-refractivity contribution < 1.29 is 19.1 Å². The summed E-state index contributed by atoms with van der Waals surface area (Å²) >= 11 is 5.94. The molecule has 0 fully saturated rings. The first-order valence-corrected chi connectivity index (χ1v) is 9.60. The lowest BCUT2D eigenvalue weighted by Crippen LogP contribution is -2.12. The van der Waals surface area contributed by atoms with E-state index in [-0.39, 0.29) is 24.6 Å². The number of nitrogens with one attached hydrogen (secondary N) is 1. The lowest BCUT2D eigenvalue weighted by atomic mass is 10.2. The van der Waals surface area contributed by atoms with E-state index in [0.717, 1.165) is 0 Å². The van der Waals surface area contributed by atoms with Crippen LogP contribution in [-0.2, 0) is 9.47 Å². The van der Waals surface area contributed by atoms with Crippen molar-refractivity contribution >= 4 is 35.2 Å². The van der Waals surface area contributed by atoms with Crippen molar-refractivity contribution in [2.45, 2.75) is 13.8 Å². The van der Waals surface area contributed by atoms with Crippen molar-refractivity contribution in [1.82, 2.24) is 15.0 Å². The molecule has 0 saturated heterocycles. The minimum absolute atomic E-state index is 0.137. The average Bonchev–Trinajstić information content (AvgIpc) is 2.75. The van der Waals surface area contributed by atoms with Crippen LogP contribution in [0.25, 0.3) is 11.4 Å². The molecular weight excluding hydrogens is 408 g/mol. The van der Waals surface area contributed by atoms with Gasteiger partial charge in [0.1, 0.15) is 17.2 Å². The van der Waals surface area contributed by atoms with E-state index in [9.17, 15) is 9.59 Å². The van der Waals surface area contributed by atoms with Crippen molar-refractivity contribution in [3.05, 3.63) is 64.9 Å². The number of halogens is 1. The number of nitrogens with zero attached hydrogens (tertiary/aromatic N) is 3. The molecule has 8 nitrogen and oxygen atoms in total. The molecule has 1 N–H and O–H groups in total. The van der Waals surface area contributed by atoms with Gasteiger partial charge in [-0.05, 0) is 50.2 Å². The van der Waals surface area contributed by atoms with E-state index in [0.29, 0.717) is 27.8 Å². The number of rotatable bonds is 7. The standard InChI is InChI=1S/C21H19ClN4O4/c1-3-29-20(27)14-9-10-23-17(11-14)25-19-16(21(28)30-4-2)12-24-18(26-19)13-5-7-15(22)8-6-13/h5-12H,3-4H2,1-2H3,(H,23,24,25,26). The molecule has 0 bridgehead atoms. The zero-order valence-electron chi connectivity index (χ0n) is 16.4. The van der Waals surface area contributed by atoms with Gasteiger partial charge in [-0.15, -0.1) is 0 Å². The molecule has 154 valence electrons. The normalized spacial score (nSPS) is 10.4. The van der Waals surface area contributed by atoms with Crippen LogP contribution in [-0.4, -0.2) is 40.1 Å². The summed E-state index contributed by atoms with van der Waals surface area (Å²) in [5.41, 5.74) is 1.17. The van der Waals surface area contributed by atoms with Gasteiger partial charge in [0.2, 0.25) is 0 Å². The van der Waals surface area contributed by atoms with E-state index in [1.165, 1.54) is 24.5 Å². The van der Waals surface area contributed by atoms with Gasteiger partial charge in [0, 0.05) is 23.0 Å². The highest BCUT2D eigenvalue weighted by Crippen LogP contribution is 2.24. The summed E-state index contributed by atoms with van der Waals surface area (Å²) in [5.74, 6) is -0.167. The number of aromatic nitrogens is 3. The predicted molar refractivity (Wildman–Crippen MR) is 112 cm³/mol. The zero-order chi connectivity index (χ0) is 21.5. The van der Waals surface area contributed by atoms with E-state index in [1.54, 1.807) is 38.1 Å². The maximum Gasteiger partial charge on any atom is 0.343 e. The monoisotopic (exact) mass is 426 g/mol. The molecule has 30 heavy (non-hydrogen) atoms. The smallest absolute Gasteiger partial charge is 0.343 e.